The monoisotopic (exact) mass is 525 g/mol. The number of carbonyl (C=O) groups is 2. The number of rotatable bonds is 9. The van der Waals surface area contributed by atoms with Crippen molar-refractivity contribution in [2.75, 3.05) is 20.7 Å². The Morgan fingerprint density at radius 2 is 1.59 bits per heavy atom. The van der Waals surface area contributed by atoms with Crippen LogP contribution in [0.15, 0.2) is 71.6 Å². The van der Waals surface area contributed by atoms with E-state index in [0.29, 0.717) is 5.75 Å². The van der Waals surface area contributed by atoms with Crippen molar-refractivity contribution in [3.05, 3.63) is 72.3 Å². The van der Waals surface area contributed by atoms with Gasteiger partial charge in [0.1, 0.15) is 11.8 Å². The SMILES string of the molecule is COc1ccc(CN(C(=O)CN(C)S(=O)(=O)c2ccc3ccccc3c2)[C@@H](C)C(=O)NC(C)(C)C)cc1. The van der Waals surface area contributed by atoms with Gasteiger partial charge < -0.3 is 15.0 Å². The number of fused-ring (bicyclic) bond motifs is 1. The van der Waals surface area contributed by atoms with Crippen LogP contribution in [0.3, 0.4) is 0 Å². The lowest BCUT2D eigenvalue weighted by Gasteiger charge is -2.32. The van der Waals surface area contributed by atoms with Crippen molar-refractivity contribution in [3.63, 3.8) is 0 Å². The second kappa shape index (κ2) is 11.3. The van der Waals surface area contributed by atoms with Crippen molar-refractivity contribution < 1.29 is 22.7 Å². The zero-order valence-corrected chi connectivity index (χ0v) is 23.0. The van der Waals surface area contributed by atoms with Gasteiger partial charge >= 0.3 is 0 Å². The van der Waals surface area contributed by atoms with Gasteiger partial charge in [-0.15, -0.1) is 0 Å². The molecule has 0 spiro atoms. The largest absolute Gasteiger partial charge is 0.497 e. The summed E-state index contributed by atoms with van der Waals surface area (Å²) >= 11 is 0. The average Bonchev–Trinajstić information content (AvgIpc) is 2.85. The number of benzene rings is 3. The van der Waals surface area contributed by atoms with Crippen LogP contribution in [0.2, 0.25) is 0 Å². The zero-order valence-electron chi connectivity index (χ0n) is 22.2. The molecule has 0 saturated carbocycles. The predicted octanol–water partition coefficient (Wildman–Crippen LogP) is 3.80. The molecule has 0 aliphatic carbocycles. The predicted molar refractivity (Wildman–Crippen MR) is 145 cm³/mol. The van der Waals surface area contributed by atoms with Gasteiger partial charge in [-0.2, -0.15) is 4.31 Å². The van der Waals surface area contributed by atoms with Crippen LogP contribution >= 0.6 is 0 Å². The molecule has 0 heterocycles. The molecule has 0 aromatic heterocycles. The summed E-state index contributed by atoms with van der Waals surface area (Å²) in [5.74, 6) is -0.144. The van der Waals surface area contributed by atoms with E-state index in [9.17, 15) is 18.0 Å². The first-order chi connectivity index (χ1) is 17.3. The van der Waals surface area contributed by atoms with E-state index in [4.69, 9.17) is 4.74 Å². The van der Waals surface area contributed by atoms with Gasteiger partial charge in [-0.1, -0.05) is 42.5 Å². The fourth-order valence-corrected chi connectivity index (χ4v) is 5.01. The van der Waals surface area contributed by atoms with E-state index in [2.05, 4.69) is 5.32 Å². The summed E-state index contributed by atoms with van der Waals surface area (Å²) in [7, 11) is -1.01. The number of hydrogen-bond acceptors (Lipinski definition) is 5. The molecule has 2 amide bonds. The third kappa shape index (κ3) is 7.08. The van der Waals surface area contributed by atoms with Crippen LogP contribution in [-0.4, -0.2) is 61.7 Å². The summed E-state index contributed by atoms with van der Waals surface area (Å²) in [6, 6.07) is 18.7. The summed E-state index contributed by atoms with van der Waals surface area (Å²) in [6.07, 6.45) is 0. The highest BCUT2D eigenvalue weighted by Crippen LogP contribution is 2.22. The minimum absolute atomic E-state index is 0.0988. The minimum Gasteiger partial charge on any atom is -0.497 e. The topological polar surface area (TPSA) is 96.0 Å². The third-order valence-electron chi connectivity index (χ3n) is 5.96. The maximum atomic E-state index is 13.5. The molecule has 3 aromatic rings. The molecule has 8 nitrogen and oxygen atoms in total. The van der Waals surface area contributed by atoms with Crippen molar-refractivity contribution in [1.82, 2.24) is 14.5 Å². The second-order valence-electron chi connectivity index (χ2n) is 10.1. The van der Waals surface area contributed by atoms with Gasteiger partial charge in [0.25, 0.3) is 0 Å². The van der Waals surface area contributed by atoms with Gasteiger partial charge in [-0.25, -0.2) is 8.42 Å². The fraction of sp³-hybridized carbons (Fsp3) is 0.357. The van der Waals surface area contributed by atoms with Crippen molar-refractivity contribution in [3.8, 4) is 5.75 Å². The van der Waals surface area contributed by atoms with Crippen LogP contribution in [0.5, 0.6) is 5.75 Å². The van der Waals surface area contributed by atoms with Crippen molar-refractivity contribution in [2.45, 2.75) is 50.7 Å². The number of hydrogen-bond donors (Lipinski definition) is 1. The van der Waals surface area contributed by atoms with E-state index in [1.54, 1.807) is 38.3 Å². The number of nitrogens with zero attached hydrogens (tertiary/aromatic N) is 2. The van der Waals surface area contributed by atoms with Gasteiger partial charge in [0.2, 0.25) is 21.8 Å². The number of likely N-dealkylation sites (N-methyl/N-ethyl adjacent to an activating group) is 1. The Labute approximate surface area is 219 Å². The summed E-state index contributed by atoms with van der Waals surface area (Å²) in [5, 5.41) is 4.61. The Morgan fingerprint density at radius 1 is 0.973 bits per heavy atom. The summed E-state index contributed by atoms with van der Waals surface area (Å²) in [4.78, 5) is 28.0. The van der Waals surface area contributed by atoms with Crippen molar-refractivity contribution in [1.29, 1.82) is 0 Å². The maximum absolute atomic E-state index is 13.5. The first-order valence-corrected chi connectivity index (χ1v) is 13.5. The number of amides is 2. The molecular weight excluding hydrogens is 490 g/mol. The zero-order chi connectivity index (χ0) is 27.4. The normalized spacial score (nSPS) is 12.8. The molecule has 37 heavy (non-hydrogen) atoms. The van der Waals surface area contributed by atoms with E-state index in [0.717, 1.165) is 20.6 Å². The van der Waals surface area contributed by atoms with Crippen LogP contribution in [-0.2, 0) is 26.2 Å². The number of ether oxygens (including phenoxy) is 1. The van der Waals surface area contributed by atoms with Gasteiger partial charge in [0, 0.05) is 19.1 Å². The lowest BCUT2D eigenvalue weighted by Crippen LogP contribution is -2.54. The molecule has 0 aliphatic rings. The van der Waals surface area contributed by atoms with Crippen LogP contribution < -0.4 is 10.1 Å². The summed E-state index contributed by atoms with van der Waals surface area (Å²) in [6.45, 7) is 6.93. The Bertz CT molecular complexity index is 1360. The number of carbonyl (C=O) groups excluding carboxylic acids is 2. The van der Waals surface area contributed by atoms with Crippen LogP contribution in [0, 0.1) is 0 Å². The molecule has 1 atom stereocenters. The Kier molecular flexibility index (Phi) is 8.60. The van der Waals surface area contributed by atoms with Crippen LogP contribution in [0.1, 0.15) is 33.3 Å². The smallest absolute Gasteiger partial charge is 0.243 e. The molecule has 9 heteroatoms. The lowest BCUT2D eigenvalue weighted by molar-refractivity contribution is -0.141. The maximum Gasteiger partial charge on any atom is 0.243 e. The first-order valence-electron chi connectivity index (χ1n) is 12.0. The quantitative estimate of drug-likeness (QED) is 0.459. The highest BCUT2D eigenvalue weighted by atomic mass is 32.2. The van der Waals surface area contributed by atoms with E-state index < -0.39 is 34.1 Å². The third-order valence-corrected chi connectivity index (χ3v) is 7.76. The van der Waals surface area contributed by atoms with Gasteiger partial charge in [-0.05, 0) is 68.3 Å². The second-order valence-corrected chi connectivity index (χ2v) is 12.1. The van der Waals surface area contributed by atoms with Crippen molar-refractivity contribution >= 4 is 32.6 Å². The molecule has 0 aliphatic heterocycles. The highest BCUT2D eigenvalue weighted by Gasteiger charge is 2.31. The van der Waals surface area contributed by atoms with E-state index in [1.165, 1.54) is 18.0 Å². The molecule has 0 radical (unpaired) electrons. The number of nitrogens with one attached hydrogen (secondary N) is 1. The summed E-state index contributed by atoms with van der Waals surface area (Å²) < 4.78 is 32.9. The molecule has 0 saturated heterocycles. The molecule has 198 valence electrons. The minimum atomic E-state index is -3.95. The number of sulfonamides is 1. The summed E-state index contributed by atoms with van der Waals surface area (Å²) in [5.41, 5.74) is 0.292. The average molecular weight is 526 g/mol. The lowest BCUT2D eigenvalue weighted by atomic mass is 10.1. The van der Waals surface area contributed by atoms with E-state index >= 15 is 0 Å². The van der Waals surface area contributed by atoms with Gasteiger partial charge in [0.15, 0.2) is 0 Å². The van der Waals surface area contributed by atoms with Crippen LogP contribution in [0.25, 0.3) is 10.8 Å². The standard InChI is InChI=1S/C28H35N3O5S/c1-20(27(33)29-28(2,3)4)31(18-21-11-14-24(36-6)15-12-21)26(32)19-30(5)37(34,35)25-16-13-22-9-7-8-10-23(22)17-25/h7-17,20H,18-19H2,1-6H3,(H,29,33)/t20-/m0/s1. The molecule has 1 N–H and O–H groups in total. The number of methoxy groups -OCH3 is 1. The molecule has 0 unspecified atom stereocenters. The molecule has 3 rings (SSSR count). The molecule has 3 aromatic carbocycles. The van der Waals surface area contributed by atoms with Crippen molar-refractivity contribution in [2.24, 2.45) is 0 Å². The highest BCUT2D eigenvalue weighted by molar-refractivity contribution is 7.89. The molecule has 0 fully saturated rings. The van der Waals surface area contributed by atoms with Gasteiger partial charge in [-0.3, -0.25) is 9.59 Å². The Balaban J connectivity index is 1.85. The Hall–Kier alpha value is -3.43. The van der Waals surface area contributed by atoms with Gasteiger partial charge in [0.05, 0.1) is 18.6 Å². The Morgan fingerprint density at radius 3 is 2.19 bits per heavy atom. The first kappa shape index (κ1) is 28.1. The van der Waals surface area contributed by atoms with E-state index in [-0.39, 0.29) is 17.3 Å². The van der Waals surface area contributed by atoms with Crippen LogP contribution in [0.4, 0.5) is 0 Å². The molecular formula is C28H35N3O5S. The van der Waals surface area contributed by atoms with E-state index in [1.807, 2.05) is 57.2 Å². The molecule has 0 bridgehead atoms. The fourth-order valence-electron chi connectivity index (χ4n) is 3.86.